The highest BCUT2D eigenvalue weighted by molar-refractivity contribution is 5.25. The van der Waals surface area contributed by atoms with Crippen LogP contribution in [0.3, 0.4) is 0 Å². The summed E-state index contributed by atoms with van der Waals surface area (Å²) >= 11 is 0. The zero-order valence-corrected chi connectivity index (χ0v) is 8.58. The van der Waals surface area contributed by atoms with Crippen LogP contribution in [0.1, 0.15) is 42.7 Å². The van der Waals surface area contributed by atoms with E-state index in [0.717, 1.165) is 5.92 Å². The van der Waals surface area contributed by atoms with E-state index < -0.39 is 0 Å². The van der Waals surface area contributed by atoms with Crippen LogP contribution in [0.4, 0.5) is 0 Å². The van der Waals surface area contributed by atoms with Gasteiger partial charge >= 0.3 is 0 Å². The van der Waals surface area contributed by atoms with Crippen LogP contribution in [0.2, 0.25) is 0 Å². The van der Waals surface area contributed by atoms with Gasteiger partial charge in [-0.1, -0.05) is 24.3 Å². The summed E-state index contributed by atoms with van der Waals surface area (Å²) in [4.78, 5) is 0. The molecule has 0 aliphatic heterocycles. The Morgan fingerprint density at radius 1 is 1.07 bits per heavy atom. The Kier molecular flexibility index (Phi) is 3.20. The molecule has 0 bridgehead atoms. The van der Waals surface area contributed by atoms with Crippen LogP contribution < -0.4 is 5.73 Å². The summed E-state index contributed by atoms with van der Waals surface area (Å²) < 4.78 is 0. The lowest BCUT2D eigenvalue weighted by Gasteiger charge is -2.21. The molecule has 1 saturated carbocycles. The van der Waals surface area contributed by atoms with Gasteiger partial charge in [0.2, 0.25) is 0 Å². The first-order chi connectivity index (χ1) is 6.90. The number of nitrogens with two attached hydrogens (primary N) is 1. The van der Waals surface area contributed by atoms with E-state index in [4.69, 9.17) is 5.73 Å². The van der Waals surface area contributed by atoms with Crippen LogP contribution in [0, 0.1) is 6.42 Å². The van der Waals surface area contributed by atoms with Gasteiger partial charge in [0.15, 0.2) is 0 Å². The average Bonchev–Trinajstić information content (AvgIpc) is 2.30. The largest absolute Gasteiger partial charge is 0.326 e. The second kappa shape index (κ2) is 4.61. The molecule has 14 heavy (non-hydrogen) atoms. The van der Waals surface area contributed by atoms with Gasteiger partial charge in [-0.2, -0.15) is 0 Å². The molecule has 1 aliphatic rings. The van der Waals surface area contributed by atoms with Gasteiger partial charge in [-0.05, 0) is 49.1 Å². The number of hydrogen-bond donors (Lipinski definition) is 1. The Morgan fingerprint density at radius 3 is 2.29 bits per heavy atom. The van der Waals surface area contributed by atoms with Crippen molar-refractivity contribution in [2.24, 2.45) is 5.73 Å². The number of rotatable bonds is 2. The van der Waals surface area contributed by atoms with Crippen molar-refractivity contribution in [1.29, 1.82) is 0 Å². The zero-order valence-electron chi connectivity index (χ0n) is 8.58. The first-order valence-electron chi connectivity index (χ1n) is 5.50. The van der Waals surface area contributed by atoms with Crippen LogP contribution in [-0.4, -0.2) is 0 Å². The van der Waals surface area contributed by atoms with E-state index >= 15 is 0 Å². The lowest BCUT2D eigenvalue weighted by molar-refractivity contribution is 0.512. The van der Waals surface area contributed by atoms with Crippen molar-refractivity contribution >= 4 is 0 Å². The maximum absolute atomic E-state index is 5.57. The van der Waals surface area contributed by atoms with E-state index in [1.807, 2.05) is 0 Å². The molecule has 1 heteroatoms. The molecular weight excluding hydrogens is 170 g/mol. The molecule has 75 valence electrons. The van der Waals surface area contributed by atoms with Gasteiger partial charge < -0.3 is 5.73 Å². The maximum atomic E-state index is 5.57. The minimum Gasteiger partial charge on any atom is -0.326 e. The SMILES string of the molecule is NCc1ccc(C2CC[CH]CC2)cc1. The molecule has 1 fully saturated rings. The van der Waals surface area contributed by atoms with Gasteiger partial charge in [-0.3, -0.25) is 0 Å². The third kappa shape index (κ3) is 2.16. The average molecular weight is 188 g/mol. The normalized spacial score (nSPS) is 18.4. The molecule has 0 aromatic heterocycles. The number of hydrogen-bond acceptors (Lipinski definition) is 1. The molecule has 1 aromatic carbocycles. The van der Waals surface area contributed by atoms with E-state index in [1.165, 1.54) is 36.8 Å². The lowest BCUT2D eigenvalue weighted by atomic mass is 9.84. The summed E-state index contributed by atoms with van der Waals surface area (Å²) in [5.41, 5.74) is 8.30. The van der Waals surface area contributed by atoms with Gasteiger partial charge in [0.05, 0.1) is 0 Å². The Morgan fingerprint density at radius 2 is 1.71 bits per heavy atom. The molecule has 1 aromatic rings. The molecule has 0 amide bonds. The van der Waals surface area contributed by atoms with Crippen molar-refractivity contribution < 1.29 is 0 Å². The molecule has 2 rings (SSSR count). The predicted octanol–water partition coefficient (Wildman–Crippen LogP) is 3.01. The first kappa shape index (κ1) is 9.72. The van der Waals surface area contributed by atoms with Crippen LogP contribution in [0.5, 0.6) is 0 Å². The van der Waals surface area contributed by atoms with Crippen molar-refractivity contribution in [3.63, 3.8) is 0 Å². The van der Waals surface area contributed by atoms with E-state index in [0.29, 0.717) is 6.54 Å². The fourth-order valence-electron chi connectivity index (χ4n) is 2.19. The molecular formula is C13H18N. The molecule has 1 radical (unpaired) electrons. The van der Waals surface area contributed by atoms with Crippen LogP contribution in [0.25, 0.3) is 0 Å². The predicted molar refractivity (Wildman–Crippen MR) is 59.8 cm³/mol. The fourth-order valence-corrected chi connectivity index (χ4v) is 2.19. The molecule has 0 atom stereocenters. The van der Waals surface area contributed by atoms with Crippen molar-refractivity contribution in [3.8, 4) is 0 Å². The second-order valence-corrected chi connectivity index (χ2v) is 4.09. The summed E-state index contributed by atoms with van der Waals surface area (Å²) in [6, 6.07) is 8.82. The Bertz CT molecular complexity index is 270. The Hall–Kier alpha value is -0.820. The summed E-state index contributed by atoms with van der Waals surface area (Å²) in [7, 11) is 0. The van der Waals surface area contributed by atoms with Crippen molar-refractivity contribution in [2.75, 3.05) is 0 Å². The van der Waals surface area contributed by atoms with Crippen molar-refractivity contribution in [2.45, 2.75) is 38.1 Å². The highest BCUT2D eigenvalue weighted by Gasteiger charge is 2.14. The summed E-state index contributed by atoms with van der Waals surface area (Å²) in [6.45, 7) is 0.652. The zero-order chi connectivity index (χ0) is 9.80. The minimum atomic E-state index is 0.652. The van der Waals surface area contributed by atoms with Crippen molar-refractivity contribution in [1.82, 2.24) is 0 Å². The van der Waals surface area contributed by atoms with Gasteiger partial charge in [0.1, 0.15) is 0 Å². The van der Waals surface area contributed by atoms with Crippen LogP contribution in [-0.2, 0) is 6.54 Å². The summed E-state index contributed by atoms with van der Waals surface area (Å²) in [6.07, 6.45) is 7.61. The molecule has 0 heterocycles. The molecule has 0 saturated heterocycles. The number of benzene rings is 1. The van der Waals surface area contributed by atoms with Gasteiger partial charge in [0, 0.05) is 6.54 Å². The quantitative estimate of drug-likeness (QED) is 0.758. The lowest BCUT2D eigenvalue weighted by Crippen LogP contribution is -2.05. The third-order valence-corrected chi connectivity index (χ3v) is 3.13. The van der Waals surface area contributed by atoms with Gasteiger partial charge in [-0.25, -0.2) is 0 Å². The second-order valence-electron chi connectivity index (χ2n) is 4.09. The van der Waals surface area contributed by atoms with Gasteiger partial charge in [-0.15, -0.1) is 0 Å². The fraction of sp³-hybridized carbons (Fsp3) is 0.462. The Labute approximate surface area is 86.3 Å². The molecule has 2 N–H and O–H groups in total. The van der Waals surface area contributed by atoms with Crippen molar-refractivity contribution in [3.05, 3.63) is 41.8 Å². The monoisotopic (exact) mass is 188 g/mol. The van der Waals surface area contributed by atoms with E-state index in [1.54, 1.807) is 0 Å². The van der Waals surface area contributed by atoms with E-state index in [9.17, 15) is 0 Å². The summed E-state index contributed by atoms with van der Waals surface area (Å²) in [5, 5.41) is 0. The molecule has 1 nitrogen and oxygen atoms in total. The first-order valence-corrected chi connectivity index (χ1v) is 5.50. The smallest absolute Gasteiger partial charge is 0.0178 e. The molecule has 0 spiro atoms. The third-order valence-electron chi connectivity index (χ3n) is 3.13. The van der Waals surface area contributed by atoms with Crippen LogP contribution >= 0.6 is 0 Å². The Balaban J connectivity index is 2.07. The van der Waals surface area contributed by atoms with Crippen LogP contribution in [0.15, 0.2) is 24.3 Å². The standard InChI is InChI=1S/C13H18N/c14-10-11-6-8-13(9-7-11)12-4-2-1-3-5-12/h1,6-9,12H,2-5,10,14H2. The topological polar surface area (TPSA) is 26.0 Å². The highest BCUT2D eigenvalue weighted by atomic mass is 14.5. The minimum absolute atomic E-state index is 0.652. The van der Waals surface area contributed by atoms with E-state index in [-0.39, 0.29) is 0 Å². The summed E-state index contributed by atoms with van der Waals surface area (Å²) in [5.74, 6) is 0.784. The maximum Gasteiger partial charge on any atom is 0.0178 e. The molecule has 1 aliphatic carbocycles. The van der Waals surface area contributed by atoms with E-state index in [2.05, 4.69) is 30.7 Å². The highest BCUT2D eigenvalue weighted by Crippen LogP contribution is 2.31. The van der Waals surface area contributed by atoms with Gasteiger partial charge in [0.25, 0.3) is 0 Å². The molecule has 0 unspecified atom stereocenters.